The van der Waals surface area contributed by atoms with Crippen LogP contribution in [0.3, 0.4) is 0 Å². The molecule has 1 aromatic carbocycles. The van der Waals surface area contributed by atoms with Crippen molar-refractivity contribution in [2.24, 2.45) is 0 Å². The lowest BCUT2D eigenvalue weighted by atomic mass is 10.2. The first-order valence-corrected chi connectivity index (χ1v) is 10.6. The molecule has 2 heterocycles. The summed E-state index contributed by atoms with van der Waals surface area (Å²) in [5.41, 5.74) is 0.0443. The highest BCUT2D eigenvalue weighted by Gasteiger charge is 2.18. The number of sulfonamides is 1. The van der Waals surface area contributed by atoms with Gasteiger partial charge in [0.2, 0.25) is 15.2 Å². The van der Waals surface area contributed by atoms with Crippen molar-refractivity contribution in [1.82, 2.24) is 14.9 Å². The maximum atomic E-state index is 12.5. The quantitative estimate of drug-likeness (QED) is 0.599. The predicted octanol–water partition coefficient (Wildman–Crippen LogP) is 3.27. The molecule has 0 radical (unpaired) electrons. The summed E-state index contributed by atoms with van der Waals surface area (Å²) in [6.07, 6.45) is -2.78. The van der Waals surface area contributed by atoms with Crippen LogP contribution in [0.15, 0.2) is 46.7 Å². The van der Waals surface area contributed by atoms with Gasteiger partial charge in [0.25, 0.3) is 12.3 Å². The molecule has 0 aliphatic carbocycles. The van der Waals surface area contributed by atoms with E-state index in [9.17, 15) is 22.0 Å². The molecule has 0 aliphatic rings. The van der Waals surface area contributed by atoms with Crippen molar-refractivity contribution in [3.05, 3.63) is 57.2 Å². The number of halogens is 2. The van der Waals surface area contributed by atoms with E-state index in [1.807, 2.05) is 11.4 Å². The zero-order chi connectivity index (χ0) is 19.4. The van der Waals surface area contributed by atoms with Crippen molar-refractivity contribution in [3.63, 3.8) is 0 Å². The van der Waals surface area contributed by atoms with Gasteiger partial charge in [0.15, 0.2) is 5.01 Å². The lowest BCUT2D eigenvalue weighted by Crippen LogP contribution is -2.23. The van der Waals surface area contributed by atoms with Crippen LogP contribution in [0.4, 0.5) is 13.9 Å². The lowest BCUT2D eigenvalue weighted by Gasteiger charge is -2.07. The monoisotopic (exact) mass is 430 g/mol. The van der Waals surface area contributed by atoms with Gasteiger partial charge in [-0.05, 0) is 29.6 Å². The molecule has 7 nitrogen and oxygen atoms in total. The van der Waals surface area contributed by atoms with Gasteiger partial charge in [-0.3, -0.25) is 10.1 Å². The van der Waals surface area contributed by atoms with E-state index >= 15 is 0 Å². The van der Waals surface area contributed by atoms with Crippen molar-refractivity contribution in [2.45, 2.75) is 17.9 Å². The zero-order valence-electron chi connectivity index (χ0n) is 13.4. The number of alkyl halides is 2. The van der Waals surface area contributed by atoms with Crippen LogP contribution in [0.5, 0.6) is 0 Å². The van der Waals surface area contributed by atoms with Crippen molar-refractivity contribution in [1.29, 1.82) is 0 Å². The minimum Gasteiger partial charge on any atom is -0.296 e. The molecule has 0 bridgehead atoms. The highest BCUT2D eigenvalue weighted by atomic mass is 32.2. The van der Waals surface area contributed by atoms with Gasteiger partial charge in [0, 0.05) is 17.0 Å². The van der Waals surface area contributed by atoms with Gasteiger partial charge in [0.1, 0.15) is 0 Å². The molecule has 27 heavy (non-hydrogen) atoms. The Labute approximate surface area is 161 Å². The van der Waals surface area contributed by atoms with Crippen LogP contribution in [0.2, 0.25) is 0 Å². The molecular formula is C15H12F2N4O3S3. The molecule has 1 amide bonds. The molecule has 0 aliphatic heterocycles. The Hall–Kier alpha value is -2.28. The normalized spacial score (nSPS) is 11.7. The Balaban J connectivity index is 1.72. The summed E-state index contributed by atoms with van der Waals surface area (Å²) >= 11 is 1.96. The van der Waals surface area contributed by atoms with Crippen LogP contribution in [0.1, 0.15) is 26.7 Å². The molecular weight excluding hydrogens is 418 g/mol. The minimum atomic E-state index is -3.82. The summed E-state index contributed by atoms with van der Waals surface area (Å²) in [6, 6.07) is 8.98. The van der Waals surface area contributed by atoms with Gasteiger partial charge < -0.3 is 0 Å². The third-order valence-electron chi connectivity index (χ3n) is 3.27. The van der Waals surface area contributed by atoms with Gasteiger partial charge in [0.05, 0.1) is 4.90 Å². The van der Waals surface area contributed by atoms with E-state index in [0.29, 0.717) is 11.3 Å². The van der Waals surface area contributed by atoms with E-state index in [4.69, 9.17) is 0 Å². The number of benzene rings is 1. The summed E-state index contributed by atoms with van der Waals surface area (Å²) < 4.78 is 52.3. The smallest absolute Gasteiger partial charge is 0.291 e. The maximum Gasteiger partial charge on any atom is 0.291 e. The molecule has 0 saturated heterocycles. The first-order valence-electron chi connectivity index (χ1n) is 7.40. The fourth-order valence-electron chi connectivity index (χ4n) is 2.01. The Morgan fingerprint density at radius 3 is 2.67 bits per heavy atom. The molecule has 0 spiro atoms. The molecule has 0 saturated carbocycles. The number of nitrogens with one attached hydrogen (secondary N) is 2. The van der Waals surface area contributed by atoms with Crippen LogP contribution >= 0.6 is 22.7 Å². The number of rotatable bonds is 7. The molecule has 3 aromatic rings. The number of hydrogen-bond acceptors (Lipinski definition) is 7. The first-order chi connectivity index (χ1) is 12.8. The third-order valence-corrected chi connectivity index (χ3v) is 6.39. The fraction of sp³-hybridized carbons (Fsp3) is 0.133. The van der Waals surface area contributed by atoms with Crippen LogP contribution in [-0.2, 0) is 16.6 Å². The number of anilines is 1. The van der Waals surface area contributed by atoms with E-state index in [0.717, 1.165) is 4.88 Å². The lowest BCUT2D eigenvalue weighted by molar-refractivity contribution is 0.102. The SMILES string of the molecule is O=C(Nc1nnc(C(F)F)s1)c1cccc(S(=O)(=O)NCc2cccs2)c1. The fourth-order valence-corrected chi connectivity index (χ4v) is 4.39. The molecule has 2 N–H and O–H groups in total. The van der Waals surface area contributed by atoms with Crippen molar-refractivity contribution < 1.29 is 22.0 Å². The second kappa shape index (κ2) is 8.17. The molecule has 0 atom stereocenters. The highest BCUT2D eigenvalue weighted by molar-refractivity contribution is 7.89. The van der Waals surface area contributed by atoms with Gasteiger partial charge in [-0.1, -0.05) is 23.5 Å². The Kier molecular flexibility index (Phi) is 5.89. The second-order valence-electron chi connectivity index (χ2n) is 5.13. The van der Waals surface area contributed by atoms with Crippen LogP contribution in [0, 0.1) is 0 Å². The number of carbonyl (C=O) groups excluding carboxylic acids is 1. The second-order valence-corrected chi connectivity index (χ2v) is 8.94. The zero-order valence-corrected chi connectivity index (χ0v) is 15.9. The largest absolute Gasteiger partial charge is 0.296 e. The van der Waals surface area contributed by atoms with E-state index in [2.05, 4.69) is 20.2 Å². The number of thiophene rings is 1. The standard InChI is InChI=1S/C15H12F2N4O3S3/c16-12(17)14-20-21-15(26-14)19-13(22)9-3-1-5-11(7-9)27(23,24)18-8-10-4-2-6-25-10/h1-7,12,18H,8H2,(H,19,21,22). The summed E-state index contributed by atoms with van der Waals surface area (Å²) in [4.78, 5) is 13.0. The minimum absolute atomic E-state index is 0.0443. The molecule has 0 unspecified atom stereocenters. The van der Waals surface area contributed by atoms with E-state index in [1.165, 1.54) is 35.6 Å². The summed E-state index contributed by atoms with van der Waals surface area (Å²) in [5.74, 6) is -0.678. The molecule has 2 aromatic heterocycles. The average molecular weight is 430 g/mol. The average Bonchev–Trinajstić information content (AvgIpc) is 3.32. The van der Waals surface area contributed by atoms with Crippen molar-refractivity contribution in [2.75, 3.05) is 5.32 Å². The number of nitrogens with zero attached hydrogens (tertiary/aromatic N) is 2. The Morgan fingerprint density at radius 1 is 1.19 bits per heavy atom. The van der Waals surface area contributed by atoms with Crippen LogP contribution in [0.25, 0.3) is 0 Å². The van der Waals surface area contributed by atoms with Crippen molar-refractivity contribution in [3.8, 4) is 0 Å². The van der Waals surface area contributed by atoms with E-state index in [1.54, 1.807) is 6.07 Å². The molecule has 12 heteroatoms. The Morgan fingerprint density at radius 2 is 2.00 bits per heavy atom. The van der Waals surface area contributed by atoms with Crippen LogP contribution in [-0.4, -0.2) is 24.5 Å². The molecule has 142 valence electrons. The van der Waals surface area contributed by atoms with Gasteiger partial charge in [-0.25, -0.2) is 21.9 Å². The van der Waals surface area contributed by atoms with Crippen molar-refractivity contribution >= 4 is 43.7 Å². The van der Waals surface area contributed by atoms with E-state index in [-0.39, 0.29) is 22.1 Å². The van der Waals surface area contributed by atoms with Gasteiger partial charge >= 0.3 is 0 Å². The summed E-state index contributed by atoms with van der Waals surface area (Å²) in [5, 5.41) is 10.3. The molecule has 0 fully saturated rings. The molecule has 3 rings (SSSR count). The van der Waals surface area contributed by atoms with Crippen LogP contribution < -0.4 is 10.0 Å². The Bertz CT molecular complexity index is 1040. The van der Waals surface area contributed by atoms with Gasteiger partial charge in [-0.2, -0.15) is 0 Å². The van der Waals surface area contributed by atoms with E-state index < -0.39 is 27.4 Å². The topological polar surface area (TPSA) is 101 Å². The predicted molar refractivity (Wildman–Crippen MR) is 97.6 cm³/mol. The summed E-state index contributed by atoms with van der Waals surface area (Å²) in [6.45, 7) is 0.137. The summed E-state index contributed by atoms with van der Waals surface area (Å²) in [7, 11) is -3.82. The van der Waals surface area contributed by atoms with Gasteiger partial charge in [-0.15, -0.1) is 21.5 Å². The number of hydrogen-bond donors (Lipinski definition) is 2. The maximum absolute atomic E-state index is 12.5. The number of amides is 1. The number of carbonyl (C=O) groups is 1. The number of aromatic nitrogens is 2. The third kappa shape index (κ3) is 4.91. The first kappa shape index (κ1) is 19.5. The highest BCUT2D eigenvalue weighted by Crippen LogP contribution is 2.25.